The Bertz CT molecular complexity index is 668. The third-order valence-corrected chi connectivity index (χ3v) is 5.43. The first-order valence-electron chi connectivity index (χ1n) is 10.2. The van der Waals surface area contributed by atoms with Crippen molar-refractivity contribution in [3.63, 3.8) is 0 Å². The molecular formula is C26H31N. The van der Waals surface area contributed by atoms with Gasteiger partial charge in [0.1, 0.15) is 0 Å². The standard InChI is InChI=1S/C26H31N/c1-2-3-13-21-27-22-20-26(23-14-7-4-8-15-23,24-16-9-5-10-17-24)25-18-11-6-12-19-25/h4-12,14-19,27H,2-3,13,20-22H2,1H3. The van der Waals surface area contributed by atoms with Crippen molar-refractivity contribution in [1.82, 2.24) is 5.32 Å². The van der Waals surface area contributed by atoms with Crippen LogP contribution in [-0.4, -0.2) is 13.1 Å². The number of nitrogens with one attached hydrogen (secondary N) is 1. The number of rotatable bonds is 10. The number of unbranched alkanes of at least 4 members (excludes halogenated alkanes) is 2. The summed E-state index contributed by atoms with van der Waals surface area (Å²) in [6, 6.07) is 32.9. The van der Waals surface area contributed by atoms with Crippen LogP contribution in [0.3, 0.4) is 0 Å². The lowest BCUT2D eigenvalue weighted by Gasteiger charge is -2.36. The molecule has 0 aromatic heterocycles. The predicted molar refractivity (Wildman–Crippen MR) is 116 cm³/mol. The highest BCUT2D eigenvalue weighted by molar-refractivity contribution is 5.50. The molecule has 0 fully saturated rings. The predicted octanol–water partition coefficient (Wildman–Crippen LogP) is 6.19. The van der Waals surface area contributed by atoms with Gasteiger partial charge in [-0.1, -0.05) is 111 Å². The fourth-order valence-corrected chi connectivity index (χ4v) is 4.00. The average molecular weight is 358 g/mol. The van der Waals surface area contributed by atoms with E-state index in [-0.39, 0.29) is 5.41 Å². The third-order valence-electron chi connectivity index (χ3n) is 5.43. The number of benzene rings is 3. The summed E-state index contributed by atoms with van der Waals surface area (Å²) in [6.07, 6.45) is 4.86. The Hall–Kier alpha value is -2.38. The minimum Gasteiger partial charge on any atom is -0.317 e. The minimum atomic E-state index is -0.137. The molecule has 1 heteroatoms. The van der Waals surface area contributed by atoms with Crippen LogP contribution in [0.1, 0.15) is 49.3 Å². The van der Waals surface area contributed by atoms with Crippen LogP contribution in [0, 0.1) is 0 Å². The van der Waals surface area contributed by atoms with E-state index in [0.717, 1.165) is 19.5 Å². The Kier molecular flexibility index (Phi) is 7.24. The summed E-state index contributed by atoms with van der Waals surface area (Å²) in [5, 5.41) is 3.68. The first kappa shape index (κ1) is 19.4. The van der Waals surface area contributed by atoms with Gasteiger partial charge in [-0.2, -0.15) is 0 Å². The molecule has 0 aliphatic carbocycles. The third kappa shape index (κ3) is 4.67. The van der Waals surface area contributed by atoms with E-state index in [9.17, 15) is 0 Å². The van der Waals surface area contributed by atoms with E-state index in [0.29, 0.717) is 0 Å². The van der Waals surface area contributed by atoms with Gasteiger partial charge in [0, 0.05) is 5.41 Å². The second-order valence-electron chi connectivity index (χ2n) is 7.21. The maximum atomic E-state index is 3.68. The van der Waals surface area contributed by atoms with Crippen LogP contribution in [0.15, 0.2) is 91.0 Å². The van der Waals surface area contributed by atoms with E-state index in [1.807, 2.05) is 0 Å². The molecule has 1 N–H and O–H groups in total. The number of hydrogen-bond donors (Lipinski definition) is 1. The molecule has 3 rings (SSSR count). The molecule has 0 saturated carbocycles. The van der Waals surface area contributed by atoms with Gasteiger partial charge in [-0.3, -0.25) is 0 Å². The van der Waals surface area contributed by atoms with Crippen molar-refractivity contribution in [1.29, 1.82) is 0 Å². The fraction of sp³-hybridized carbons (Fsp3) is 0.308. The van der Waals surface area contributed by atoms with Gasteiger partial charge in [-0.05, 0) is 42.6 Å². The van der Waals surface area contributed by atoms with Crippen molar-refractivity contribution >= 4 is 0 Å². The Morgan fingerprint density at radius 1 is 0.593 bits per heavy atom. The zero-order valence-electron chi connectivity index (χ0n) is 16.4. The molecular weight excluding hydrogens is 326 g/mol. The van der Waals surface area contributed by atoms with Gasteiger partial charge in [0.25, 0.3) is 0 Å². The van der Waals surface area contributed by atoms with Crippen molar-refractivity contribution in [2.75, 3.05) is 13.1 Å². The molecule has 0 bridgehead atoms. The quantitative estimate of drug-likeness (QED) is 0.337. The van der Waals surface area contributed by atoms with Gasteiger partial charge in [-0.15, -0.1) is 0 Å². The summed E-state index contributed by atoms with van der Waals surface area (Å²) in [5.74, 6) is 0. The lowest BCUT2D eigenvalue weighted by molar-refractivity contribution is 0.510. The maximum absolute atomic E-state index is 3.68. The van der Waals surface area contributed by atoms with E-state index < -0.39 is 0 Å². The molecule has 27 heavy (non-hydrogen) atoms. The minimum absolute atomic E-state index is 0.137. The second kappa shape index (κ2) is 10.1. The highest BCUT2D eigenvalue weighted by Gasteiger charge is 2.35. The van der Waals surface area contributed by atoms with Crippen LogP contribution in [0.2, 0.25) is 0 Å². The molecule has 0 aliphatic heterocycles. The Labute approximate surface area is 164 Å². The lowest BCUT2D eigenvalue weighted by atomic mass is 9.67. The average Bonchev–Trinajstić information content (AvgIpc) is 2.75. The molecule has 0 radical (unpaired) electrons. The van der Waals surface area contributed by atoms with E-state index in [1.165, 1.54) is 36.0 Å². The van der Waals surface area contributed by atoms with Crippen molar-refractivity contribution in [2.24, 2.45) is 0 Å². The van der Waals surface area contributed by atoms with E-state index in [1.54, 1.807) is 0 Å². The normalized spacial score (nSPS) is 11.4. The molecule has 0 spiro atoms. The van der Waals surface area contributed by atoms with Crippen LogP contribution in [-0.2, 0) is 5.41 Å². The van der Waals surface area contributed by atoms with Gasteiger partial charge < -0.3 is 5.32 Å². The summed E-state index contributed by atoms with van der Waals surface area (Å²) in [4.78, 5) is 0. The van der Waals surface area contributed by atoms with Gasteiger partial charge >= 0.3 is 0 Å². The topological polar surface area (TPSA) is 12.0 Å². The zero-order valence-corrected chi connectivity index (χ0v) is 16.4. The summed E-state index contributed by atoms with van der Waals surface area (Å²) in [6.45, 7) is 4.36. The zero-order chi connectivity index (χ0) is 18.8. The summed E-state index contributed by atoms with van der Waals surface area (Å²) >= 11 is 0. The highest BCUT2D eigenvalue weighted by atomic mass is 14.8. The van der Waals surface area contributed by atoms with Gasteiger partial charge in [0.2, 0.25) is 0 Å². The molecule has 0 saturated heterocycles. The first-order chi connectivity index (χ1) is 13.4. The largest absolute Gasteiger partial charge is 0.317 e. The first-order valence-corrected chi connectivity index (χ1v) is 10.2. The Morgan fingerprint density at radius 3 is 1.44 bits per heavy atom. The van der Waals surface area contributed by atoms with E-state index >= 15 is 0 Å². The molecule has 0 unspecified atom stereocenters. The Balaban J connectivity index is 1.98. The van der Waals surface area contributed by atoms with Gasteiger partial charge in [0.05, 0.1) is 0 Å². The van der Waals surface area contributed by atoms with Crippen molar-refractivity contribution in [3.8, 4) is 0 Å². The van der Waals surface area contributed by atoms with E-state index in [2.05, 4.69) is 103 Å². The van der Waals surface area contributed by atoms with Crippen LogP contribution in [0.25, 0.3) is 0 Å². The smallest absolute Gasteiger partial charge is 0.0463 e. The Morgan fingerprint density at radius 2 is 1.04 bits per heavy atom. The fourth-order valence-electron chi connectivity index (χ4n) is 4.00. The second-order valence-corrected chi connectivity index (χ2v) is 7.21. The molecule has 3 aromatic carbocycles. The van der Waals surface area contributed by atoms with Crippen molar-refractivity contribution in [2.45, 2.75) is 38.0 Å². The summed E-state index contributed by atoms with van der Waals surface area (Å²) in [5.41, 5.74) is 3.94. The van der Waals surface area contributed by atoms with Crippen molar-refractivity contribution < 1.29 is 0 Å². The van der Waals surface area contributed by atoms with Gasteiger partial charge in [-0.25, -0.2) is 0 Å². The monoisotopic (exact) mass is 357 g/mol. The molecule has 0 atom stereocenters. The molecule has 3 aromatic rings. The number of hydrogen-bond acceptors (Lipinski definition) is 1. The van der Waals surface area contributed by atoms with Gasteiger partial charge in [0.15, 0.2) is 0 Å². The van der Waals surface area contributed by atoms with Crippen LogP contribution < -0.4 is 5.32 Å². The molecule has 140 valence electrons. The summed E-state index contributed by atoms with van der Waals surface area (Å²) < 4.78 is 0. The summed E-state index contributed by atoms with van der Waals surface area (Å²) in [7, 11) is 0. The van der Waals surface area contributed by atoms with Crippen molar-refractivity contribution in [3.05, 3.63) is 108 Å². The van der Waals surface area contributed by atoms with Crippen LogP contribution in [0.5, 0.6) is 0 Å². The van der Waals surface area contributed by atoms with E-state index in [4.69, 9.17) is 0 Å². The highest BCUT2D eigenvalue weighted by Crippen LogP contribution is 2.41. The molecule has 0 amide bonds. The molecule has 0 aliphatic rings. The lowest BCUT2D eigenvalue weighted by Crippen LogP contribution is -2.34. The van der Waals surface area contributed by atoms with Crippen LogP contribution in [0.4, 0.5) is 0 Å². The molecule has 0 heterocycles. The van der Waals surface area contributed by atoms with Crippen LogP contribution >= 0.6 is 0 Å². The maximum Gasteiger partial charge on any atom is 0.0463 e. The molecule has 1 nitrogen and oxygen atoms in total. The SMILES string of the molecule is CCCCCNCCC(c1ccccc1)(c1ccccc1)c1ccccc1.